The highest BCUT2D eigenvalue weighted by atomic mass is 15.0. The standard InChI is InChI=1S/C11H23N.C2H6/c1-4-6-7-11-10(5-2)9(3)8-12-11;1-2/h9-12H,4-8H2,1-3H3;1-2H3. The molecule has 0 radical (unpaired) electrons. The Hall–Kier alpha value is -0.0400. The first-order valence-electron chi connectivity index (χ1n) is 6.53. The smallest absolute Gasteiger partial charge is 0.00983 e. The first-order chi connectivity index (χ1) is 6.79. The first-order valence-corrected chi connectivity index (χ1v) is 6.53. The lowest BCUT2D eigenvalue weighted by Gasteiger charge is -2.20. The van der Waals surface area contributed by atoms with Crippen molar-refractivity contribution in [3.63, 3.8) is 0 Å². The zero-order valence-corrected chi connectivity index (χ0v) is 10.8. The quantitative estimate of drug-likeness (QED) is 0.725. The van der Waals surface area contributed by atoms with Crippen LogP contribution in [-0.4, -0.2) is 12.6 Å². The van der Waals surface area contributed by atoms with Gasteiger partial charge in [-0.15, -0.1) is 0 Å². The topological polar surface area (TPSA) is 12.0 Å². The summed E-state index contributed by atoms with van der Waals surface area (Å²) >= 11 is 0. The summed E-state index contributed by atoms with van der Waals surface area (Å²) < 4.78 is 0. The molecule has 3 unspecified atom stereocenters. The van der Waals surface area contributed by atoms with Crippen LogP contribution in [-0.2, 0) is 0 Å². The van der Waals surface area contributed by atoms with Crippen molar-refractivity contribution in [3.05, 3.63) is 0 Å². The Morgan fingerprint density at radius 1 is 1.21 bits per heavy atom. The molecule has 1 heterocycles. The summed E-state index contributed by atoms with van der Waals surface area (Å²) in [5.41, 5.74) is 0. The van der Waals surface area contributed by atoms with Crippen LogP contribution in [0.5, 0.6) is 0 Å². The summed E-state index contributed by atoms with van der Waals surface area (Å²) in [6.07, 6.45) is 5.46. The van der Waals surface area contributed by atoms with Gasteiger partial charge >= 0.3 is 0 Å². The second-order valence-corrected chi connectivity index (χ2v) is 4.21. The van der Waals surface area contributed by atoms with Gasteiger partial charge < -0.3 is 5.32 Å². The average molecular weight is 199 g/mol. The van der Waals surface area contributed by atoms with Crippen LogP contribution in [0.15, 0.2) is 0 Å². The van der Waals surface area contributed by atoms with Crippen molar-refractivity contribution in [2.75, 3.05) is 6.54 Å². The maximum atomic E-state index is 3.64. The summed E-state index contributed by atoms with van der Waals surface area (Å²) in [7, 11) is 0. The molecular weight excluding hydrogens is 170 g/mol. The first kappa shape index (κ1) is 14.0. The molecule has 0 aliphatic carbocycles. The zero-order chi connectivity index (χ0) is 11.0. The Bertz CT molecular complexity index is 122. The van der Waals surface area contributed by atoms with Gasteiger partial charge in [0.1, 0.15) is 0 Å². The summed E-state index contributed by atoms with van der Waals surface area (Å²) in [4.78, 5) is 0. The third-order valence-corrected chi connectivity index (χ3v) is 3.29. The minimum absolute atomic E-state index is 0.824. The van der Waals surface area contributed by atoms with E-state index in [0.717, 1.165) is 17.9 Å². The van der Waals surface area contributed by atoms with Crippen molar-refractivity contribution >= 4 is 0 Å². The maximum Gasteiger partial charge on any atom is 0.00983 e. The molecule has 0 aromatic heterocycles. The summed E-state index contributed by atoms with van der Waals surface area (Å²) in [5, 5.41) is 3.64. The van der Waals surface area contributed by atoms with Crippen LogP contribution in [0.3, 0.4) is 0 Å². The van der Waals surface area contributed by atoms with E-state index in [1.807, 2.05) is 13.8 Å². The molecule has 1 nitrogen and oxygen atoms in total. The van der Waals surface area contributed by atoms with Crippen molar-refractivity contribution in [1.29, 1.82) is 0 Å². The molecule has 0 spiro atoms. The van der Waals surface area contributed by atoms with E-state index in [0.29, 0.717) is 0 Å². The third-order valence-electron chi connectivity index (χ3n) is 3.29. The fourth-order valence-corrected chi connectivity index (χ4v) is 2.46. The highest BCUT2D eigenvalue weighted by Crippen LogP contribution is 2.27. The maximum absolute atomic E-state index is 3.64. The van der Waals surface area contributed by atoms with Crippen molar-refractivity contribution in [3.8, 4) is 0 Å². The monoisotopic (exact) mass is 199 g/mol. The van der Waals surface area contributed by atoms with Crippen molar-refractivity contribution in [1.82, 2.24) is 5.32 Å². The normalized spacial score (nSPS) is 31.1. The Balaban J connectivity index is 0.000000791. The van der Waals surface area contributed by atoms with Crippen molar-refractivity contribution in [2.45, 2.75) is 66.3 Å². The summed E-state index contributed by atoms with van der Waals surface area (Å²) in [6.45, 7) is 12.2. The van der Waals surface area contributed by atoms with Crippen molar-refractivity contribution < 1.29 is 0 Å². The molecule has 1 saturated heterocycles. The Morgan fingerprint density at radius 2 is 1.86 bits per heavy atom. The molecule has 1 aliphatic rings. The number of nitrogens with one attached hydrogen (secondary N) is 1. The number of hydrogen-bond donors (Lipinski definition) is 1. The molecule has 1 rings (SSSR count). The lowest BCUT2D eigenvalue weighted by Crippen LogP contribution is -2.26. The third kappa shape index (κ3) is 4.00. The molecule has 86 valence electrons. The van der Waals surface area contributed by atoms with E-state index in [9.17, 15) is 0 Å². The SMILES string of the molecule is CC.CCCCC1NCC(C)C1CC. The van der Waals surface area contributed by atoms with E-state index in [4.69, 9.17) is 0 Å². The second-order valence-electron chi connectivity index (χ2n) is 4.21. The van der Waals surface area contributed by atoms with Gasteiger partial charge in [0, 0.05) is 6.04 Å². The molecule has 0 aromatic rings. The lowest BCUT2D eigenvalue weighted by atomic mass is 9.87. The number of unbranched alkanes of at least 4 members (excludes halogenated alkanes) is 1. The molecular formula is C13H29N. The van der Waals surface area contributed by atoms with Gasteiger partial charge in [0.25, 0.3) is 0 Å². The molecule has 1 N–H and O–H groups in total. The van der Waals surface area contributed by atoms with Crippen LogP contribution in [0, 0.1) is 11.8 Å². The molecule has 14 heavy (non-hydrogen) atoms. The van der Waals surface area contributed by atoms with Crippen LogP contribution in [0.4, 0.5) is 0 Å². The predicted molar refractivity (Wildman–Crippen MR) is 65.6 cm³/mol. The van der Waals surface area contributed by atoms with E-state index in [-0.39, 0.29) is 0 Å². The number of rotatable bonds is 4. The summed E-state index contributed by atoms with van der Waals surface area (Å²) in [5.74, 6) is 1.84. The van der Waals surface area contributed by atoms with Crippen LogP contribution >= 0.6 is 0 Å². The van der Waals surface area contributed by atoms with Crippen LogP contribution in [0.2, 0.25) is 0 Å². The van der Waals surface area contributed by atoms with Crippen LogP contribution in [0.1, 0.15) is 60.3 Å². The van der Waals surface area contributed by atoms with Gasteiger partial charge in [-0.1, -0.05) is 53.9 Å². The van der Waals surface area contributed by atoms with Crippen molar-refractivity contribution in [2.24, 2.45) is 11.8 Å². The molecule has 1 fully saturated rings. The molecule has 1 heteroatoms. The van der Waals surface area contributed by atoms with E-state index in [1.165, 1.54) is 32.2 Å². The highest BCUT2D eigenvalue weighted by Gasteiger charge is 2.30. The van der Waals surface area contributed by atoms with Gasteiger partial charge in [0.2, 0.25) is 0 Å². The highest BCUT2D eigenvalue weighted by molar-refractivity contribution is 4.87. The zero-order valence-electron chi connectivity index (χ0n) is 10.8. The molecule has 3 atom stereocenters. The average Bonchev–Trinajstić information content (AvgIpc) is 2.59. The largest absolute Gasteiger partial charge is 0.313 e. The molecule has 0 saturated carbocycles. The van der Waals surface area contributed by atoms with Gasteiger partial charge in [0.15, 0.2) is 0 Å². The predicted octanol–water partition coefficient (Wildman–Crippen LogP) is 3.84. The van der Waals surface area contributed by atoms with E-state index in [1.54, 1.807) is 0 Å². The lowest BCUT2D eigenvalue weighted by molar-refractivity contribution is 0.350. The second kappa shape index (κ2) is 8.28. The van der Waals surface area contributed by atoms with E-state index in [2.05, 4.69) is 26.1 Å². The van der Waals surface area contributed by atoms with Crippen LogP contribution in [0.25, 0.3) is 0 Å². The Kier molecular flexibility index (Phi) is 8.26. The van der Waals surface area contributed by atoms with Gasteiger partial charge in [0.05, 0.1) is 0 Å². The molecule has 1 aliphatic heterocycles. The van der Waals surface area contributed by atoms with Gasteiger partial charge in [-0.2, -0.15) is 0 Å². The van der Waals surface area contributed by atoms with Gasteiger partial charge in [-0.25, -0.2) is 0 Å². The molecule has 0 amide bonds. The summed E-state index contributed by atoms with van der Waals surface area (Å²) in [6, 6.07) is 0.824. The minimum atomic E-state index is 0.824. The Morgan fingerprint density at radius 3 is 2.36 bits per heavy atom. The van der Waals surface area contributed by atoms with Crippen LogP contribution < -0.4 is 5.32 Å². The number of hydrogen-bond acceptors (Lipinski definition) is 1. The molecule has 0 bridgehead atoms. The van der Waals surface area contributed by atoms with Gasteiger partial charge in [-0.3, -0.25) is 0 Å². The van der Waals surface area contributed by atoms with E-state index < -0.39 is 0 Å². The minimum Gasteiger partial charge on any atom is -0.313 e. The Labute approximate surface area is 90.7 Å². The fraction of sp³-hybridized carbons (Fsp3) is 1.00. The molecule has 0 aromatic carbocycles. The van der Waals surface area contributed by atoms with Gasteiger partial charge in [-0.05, 0) is 24.8 Å². The fourth-order valence-electron chi connectivity index (χ4n) is 2.46. The van der Waals surface area contributed by atoms with E-state index >= 15 is 0 Å².